The predicted molar refractivity (Wildman–Crippen MR) is 129 cm³/mol. The predicted octanol–water partition coefficient (Wildman–Crippen LogP) is 4.15. The first-order chi connectivity index (χ1) is 16.2. The number of benzene rings is 1. The fraction of sp³-hybridized carbons (Fsp3) is 0.593. The number of nitrogens with zero attached hydrogens (tertiary/aromatic N) is 3. The summed E-state index contributed by atoms with van der Waals surface area (Å²) >= 11 is 0. The third-order valence-electron chi connectivity index (χ3n) is 7.82. The molecule has 1 N–H and O–H groups in total. The zero-order valence-electron chi connectivity index (χ0n) is 19.6. The highest BCUT2D eigenvalue weighted by molar-refractivity contribution is 5.77. The fourth-order valence-electron chi connectivity index (χ4n) is 5.93. The van der Waals surface area contributed by atoms with Crippen LogP contribution in [0.2, 0.25) is 0 Å². The van der Waals surface area contributed by atoms with Gasteiger partial charge in [0.15, 0.2) is 0 Å². The SMILES string of the molecule is O=C(CCc1ccccc1)N1CCCCC1c1nc2c(c(=O)[nH]1)CN(C1CCCCC1)CC2. The van der Waals surface area contributed by atoms with E-state index in [2.05, 4.69) is 22.0 Å². The lowest BCUT2D eigenvalue weighted by atomic mass is 9.92. The molecule has 2 aliphatic heterocycles. The Morgan fingerprint density at radius 3 is 2.61 bits per heavy atom. The Morgan fingerprint density at radius 2 is 1.79 bits per heavy atom. The Hall–Kier alpha value is -2.47. The van der Waals surface area contributed by atoms with E-state index in [9.17, 15) is 9.59 Å². The molecule has 6 nitrogen and oxygen atoms in total. The number of likely N-dealkylation sites (tertiary alicyclic amines) is 1. The first-order valence-electron chi connectivity index (χ1n) is 12.9. The van der Waals surface area contributed by atoms with E-state index in [1.807, 2.05) is 23.1 Å². The maximum atomic E-state index is 13.1. The zero-order chi connectivity index (χ0) is 22.6. The third kappa shape index (κ3) is 5.06. The summed E-state index contributed by atoms with van der Waals surface area (Å²) in [5, 5.41) is 0. The number of carbonyl (C=O) groups excluding carboxylic acids is 1. The second-order valence-corrected chi connectivity index (χ2v) is 9.97. The Bertz CT molecular complexity index is 1010. The van der Waals surface area contributed by atoms with Crippen LogP contribution in [0.15, 0.2) is 35.1 Å². The third-order valence-corrected chi connectivity index (χ3v) is 7.82. The minimum absolute atomic E-state index is 0.00207. The number of piperidine rings is 1. The van der Waals surface area contributed by atoms with E-state index >= 15 is 0 Å². The average molecular weight is 449 g/mol. The normalized spacial score (nSPS) is 22.2. The second-order valence-electron chi connectivity index (χ2n) is 9.97. The lowest BCUT2D eigenvalue weighted by molar-refractivity contribution is -0.135. The van der Waals surface area contributed by atoms with Crippen LogP contribution < -0.4 is 5.56 Å². The molecule has 1 aromatic heterocycles. The molecule has 0 bridgehead atoms. The number of carbonyl (C=O) groups is 1. The van der Waals surface area contributed by atoms with Gasteiger partial charge in [-0.15, -0.1) is 0 Å². The zero-order valence-corrected chi connectivity index (χ0v) is 19.6. The number of nitrogens with one attached hydrogen (secondary N) is 1. The maximum Gasteiger partial charge on any atom is 0.255 e. The summed E-state index contributed by atoms with van der Waals surface area (Å²) in [7, 11) is 0. The molecule has 1 saturated carbocycles. The van der Waals surface area contributed by atoms with Crippen molar-refractivity contribution < 1.29 is 4.79 Å². The van der Waals surface area contributed by atoms with Crippen LogP contribution in [0.4, 0.5) is 0 Å². The number of aromatic amines is 1. The van der Waals surface area contributed by atoms with E-state index < -0.39 is 0 Å². The van der Waals surface area contributed by atoms with Crippen molar-refractivity contribution in [1.29, 1.82) is 0 Å². The summed E-state index contributed by atoms with van der Waals surface area (Å²) in [4.78, 5) is 38.8. The van der Waals surface area contributed by atoms with Crippen LogP contribution in [0.3, 0.4) is 0 Å². The van der Waals surface area contributed by atoms with Crippen LogP contribution in [0.25, 0.3) is 0 Å². The Labute approximate surface area is 196 Å². The van der Waals surface area contributed by atoms with Gasteiger partial charge >= 0.3 is 0 Å². The van der Waals surface area contributed by atoms with Gasteiger partial charge < -0.3 is 9.88 Å². The topological polar surface area (TPSA) is 69.3 Å². The van der Waals surface area contributed by atoms with Gasteiger partial charge in [0, 0.05) is 38.5 Å². The van der Waals surface area contributed by atoms with Gasteiger partial charge in [0.05, 0.1) is 17.3 Å². The van der Waals surface area contributed by atoms with E-state index in [-0.39, 0.29) is 17.5 Å². The fourth-order valence-corrected chi connectivity index (χ4v) is 5.93. The van der Waals surface area contributed by atoms with Crippen molar-refractivity contribution in [3.8, 4) is 0 Å². The molecular weight excluding hydrogens is 412 g/mol. The molecule has 3 heterocycles. The minimum Gasteiger partial charge on any atom is -0.333 e. The molecule has 1 atom stereocenters. The molecule has 1 aromatic carbocycles. The lowest BCUT2D eigenvalue weighted by Gasteiger charge is -2.38. The second kappa shape index (κ2) is 10.2. The van der Waals surface area contributed by atoms with E-state index in [4.69, 9.17) is 4.98 Å². The average Bonchev–Trinajstić information content (AvgIpc) is 2.88. The number of hydrogen-bond acceptors (Lipinski definition) is 4. The number of hydrogen-bond donors (Lipinski definition) is 1. The summed E-state index contributed by atoms with van der Waals surface area (Å²) in [5.74, 6) is 0.852. The summed E-state index contributed by atoms with van der Waals surface area (Å²) in [6.45, 7) is 2.44. The Balaban J connectivity index is 1.31. The molecule has 1 amide bonds. The summed E-state index contributed by atoms with van der Waals surface area (Å²) in [6, 6.07) is 10.7. The largest absolute Gasteiger partial charge is 0.333 e. The number of aryl methyl sites for hydroxylation is 1. The highest BCUT2D eigenvalue weighted by Crippen LogP contribution is 2.31. The van der Waals surface area contributed by atoms with E-state index in [0.29, 0.717) is 24.8 Å². The van der Waals surface area contributed by atoms with E-state index in [1.165, 1.54) is 37.7 Å². The van der Waals surface area contributed by atoms with Crippen molar-refractivity contribution in [1.82, 2.24) is 19.8 Å². The van der Waals surface area contributed by atoms with Gasteiger partial charge in [0.2, 0.25) is 5.91 Å². The molecule has 176 valence electrons. The first kappa shape index (κ1) is 22.3. The molecule has 3 aliphatic rings. The molecule has 5 rings (SSSR count). The summed E-state index contributed by atoms with van der Waals surface area (Å²) in [6.07, 6.45) is 11.5. The van der Waals surface area contributed by atoms with Crippen LogP contribution in [-0.2, 0) is 24.2 Å². The van der Waals surface area contributed by atoms with Gasteiger partial charge in [0.1, 0.15) is 5.82 Å². The number of rotatable bonds is 5. The van der Waals surface area contributed by atoms with Crippen LogP contribution in [0.5, 0.6) is 0 Å². The van der Waals surface area contributed by atoms with Crippen LogP contribution in [0, 0.1) is 0 Å². The standard InChI is InChI=1S/C27H36N4O2/c32-25(15-14-20-9-3-1-4-10-20)31-17-8-7-13-24(31)26-28-23-16-18-30(19-22(23)27(33)29-26)21-11-5-2-6-12-21/h1,3-4,9-10,21,24H,2,5-8,11-19H2,(H,28,29,33). The molecule has 1 saturated heterocycles. The van der Waals surface area contributed by atoms with Crippen LogP contribution in [0.1, 0.15) is 86.5 Å². The molecule has 1 aliphatic carbocycles. The van der Waals surface area contributed by atoms with E-state index in [1.54, 1.807) is 0 Å². The first-order valence-corrected chi connectivity index (χ1v) is 12.9. The number of aromatic nitrogens is 2. The smallest absolute Gasteiger partial charge is 0.255 e. The summed E-state index contributed by atoms with van der Waals surface area (Å²) < 4.78 is 0. The van der Waals surface area contributed by atoms with Gasteiger partial charge in [-0.2, -0.15) is 0 Å². The van der Waals surface area contributed by atoms with Crippen molar-refractivity contribution >= 4 is 5.91 Å². The number of fused-ring (bicyclic) bond motifs is 1. The van der Waals surface area contributed by atoms with E-state index in [0.717, 1.165) is 56.5 Å². The van der Waals surface area contributed by atoms with Crippen molar-refractivity contribution in [2.45, 2.75) is 89.3 Å². The number of amides is 1. The molecule has 0 spiro atoms. The molecule has 2 aromatic rings. The summed E-state index contributed by atoms with van der Waals surface area (Å²) in [5.41, 5.74) is 2.97. The van der Waals surface area contributed by atoms with Gasteiger partial charge in [-0.05, 0) is 44.1 Å². The maximum absolute atomic E-state index is 13.1. The molecule has 6 heteroatoms. The molecule has 0 radical (unpaired) electrons. The molecular formula is C27H36N4O2. The minimum atomic E-state index is -0.114. The molecule has 1 unspecified atom stereocenters. The lowest BCUT2D eigenvalue weighted by Crippen LogP contribution is -2.44. The highest BCUT2D eigenvalue weighted by Gasteiger charge is 2.32. The number of H-pyrrole nitrogens is 1. The van der Waals surface area contributed by atoms with Gasteiger partial charge in [-0.25, -0.2) is 4.98 Å². The van der Waals surface area contributed by atoms with Crippen LogP contribution in [-0.4, -0.2) is 44.8 Å². The van der Waals surface area contributed by atoms with Crippen LogP contribution >= 0.6 is 0 Å². The quantitative estimate of drug-likeness (QED) is 0.746. The highest BCUT2D eigenvalue weighted by atomic mass is 16.2. The van der Waals surface area contributed by atoms with Gasteiger partial charge in [-0.1, -0.05) is 49.6 Å². The van der Waals surface area contributed by atoms with Gasteiger partial charge in [0.25, 0.3) is 5.56 Å². The molecule has 2 fully saturated rings. The van der Waals surface area contributed by atoms with Crippen molar-refractivity contribution in [2.75, 3.05) is 13.1 Å². The van der Waals surface area contributed by atoms with Gasteiger partial charge in [-0.3, -0.25) is 14.5 Å². The monoisotopic (exact) mass is 448 g/mol. The molecule has 33 heavy (non-hydrogen) atoms. The van der Waals surface area contributed by atoms with Crippen molar-refractivity contribution in [3.05, 3.63) is 63.3 Å². The van der Waals surface area contributed by atoms with Crippen molar-refractivity contribution in [3.63, 3.8) is 0 Å². The Morgan fingerprint density at radius 1 is 1.00 bits per heavy atom. The Kier molecular flexibility index (Phi) is 6.91. The van der Waals surface area contributed by atoms with Crippen molar-refractivity contribution in [2.24, 2.45) is 0 Å².